The molecule has 0 aliphatic carbocycles. The molecule has 1 fully saturated rings. The summed E-state index contributed by atoms with van der Waals surface area (Å²) in [4.78, 5) is 26.7. The van der Waals surface area contributed by atoms with E-state index >= 15 is 0 Å². The predicted molar refractivity (Wildman–Crippen MR) is 97.2 cm³/mol. The van der Waals surface area contributed by atoms with E-state index in [1.54, 1.807) is 53.4 Å². The second-order valence-electron chi connectivity index (χ2n) is 5.98. The van der Waals surface area contributed by atoms with E-state index in [1.165, 1.54) is 0 Å². The zero-order valence-electron chi connectivity index (χ0n) is 13.9. The summed E-state index contributed by atoms with van der Waals surface area (Å²) in [6.45, 7) is 3.62. The maximum Gasteiger partial charge on any atom is 0.255 e. The van der Waals surface area contributed by atoms with Crippen LogP contribution in [-0.4, -0.2) is 42.5 Å². The molecule has 2 amide bonds. The zero-order valence-corrected chi connectivity index (χ0v) is 14.6. The average molecular weight is 359 g/mol. The van der Waals surface area contributed by atoms with Crippen LogP contribution in [0.4, 0.5) is 5.69 Å². The van der Waals surface area contributed by atoms with Gasteiger partial charge in [-0.3, -0.25) is 9.59 Å². The monoisotopic (exact) mass is 358 g/mol. The minimum atomic E-state index is -0.271. The number of nitrogens with one attached hydrogen (secondary N) is 1. The number of morpholine rings is 1. The minimum Gasteiger partial charge on any atom is -0.375 e. The van der Waals surface area contributed by atoms with Crippen LogP contribution in [0.5, 0.6) is 0 Å². The van der Waals surface area contributed by atoms with Crippen molar-refractivity contribution in [2.45, 2.75) is 13.0 Å². The Labute approximate surface area is 151 Å². The van der Waals surface area contributed by atoms with Gasteiger partial charge in [-0.05, 0) is 43.3 Å². The van der Waals surface area contributed by atoms with Crippen molar-refractivity contribution in [3.63, 3.8) is 0 Å². The molecule has 2 aromatic rings. The Morgan fingerprint density at radius 1 is 1.16 bits per heavy atom. The van der Waals surface area contributed by atoms with Crippen LogP contribution in [0, 0.1) is 0 Å². The molecule has 1 N–H and O–H groups in total. The lowest BCUT2D eigenvalue weighted by molar-refractivity contribution is -0.0124. The minimum absolute atomic E-state index is 0.0309. The molecule has 1 heterocycles. The molecule has 3 rings (SSSR count). The molecule has 1 saturated heterocycles. The number of amides is 2. The number of hydrogen-bond donors (Lipinski definition) is 1. The molecular weight excluding hydrogens is 340 g/mol. The molecular formula is C19H19ClN2O3. The smallest absolute Gasteiger partial charge is 0.255 e. The van der Waals surface area contributed by atoms with Crippen LogP contribution in [0.1, 0.15) is 27.6 Å². The molecule has 1 aliphatic heterocycles. The normalized spacial score (nSPS) is 17.2. The quantitative estimate of drug-likeness (QED) is 0.914. The molecule has 0 saturated carbocycles. The topological polar surface area (TPSA) is 58.6 Å². The van der Waals surface area contributed by atoms with Crippen LogP contribution in [-0.2, 0) is 4.74 Å². The molecule has 25 heavy (non-hydrogen) atoms. The van der Waals surface area contributed by atoms with Gasteiger partial charge in [0.15, 0.2) is 0 Å². The van der Waals surface area contributed by atoms with E-state index < -0.39 is 0 Å². The van der Waals surface area contributed by atoms with Crippen LogP contribution >= 0.6 is 11.6 Å². The van der Waals surface area contributed by atoms with Crippen molar-refractivity contribution in [3.05, 3.63) is 64.7 Å². The number of halogens is 1. The lowest BCUT2D eigenvalue weighted by Gasteiger charge is -2.31. The molecule has 0 aromatic heterocycles. The molecule has 0 spiro atoms. The summed E-state index contributed by atoms with van der Waals surface area (Å²) in [5, 5.41) is 3.30. The average Bonchev–Trinajstić information content (AvgIpc) is 2.61. The van der Waals surface area contributed by atoms with E-state index in [2.05, 4.69) is 5.32 Å². The van der Waals surface area contributed by atoms with Crippen molar-refractivity contribution >= 4 is 29.1 Å². The SMILES string of the molecule is CC1CN(C(=O)c2cccc(NC(=O)c3cccc(Cl)c3)c2)CCO1. The van der Waals surface area contributed by atoms with Crippen molar-refractivity contribution in [2.75, 3.05) is 25.0 Å². The Kier molecular flexibility index (Phi) is 5.36. The number of nitrogens with zero attached hydrogens (tertiary/aromatic N) is 1. The Hall–Kier alpha value is -2.37. The van der Waals surface area contributed by atoms with Gasteiger partial charge >= 0.3 is 0 Å². The third-order valence-electron chi connectivity index (χ3n) is 3.98. The molecule has 1 atom stereocenters. The van der Waals surface area contributed by atoms with E-state index in [4.69, 9.17) is 16.3 Å². The van der Waals surface area contributed by atoms with Gasteiger partial charge in [-0.1, -0.05) is 23.7 Å². The first-order valence-corrected chi connectivity index (χ1v) is 8.48. The highest BCUT2D eigenvalue weighted by atomic mass is 35.5. The van der Waals surface area contributed by atoms with Crippen molar-refractivity contribution in [1.82, 2.24) is 4.90 Å². The largest absolute Gasteiger partial charge is 0.375 e. The molecule has 5 nitrogen and oxygen atoms in total. The highest BCUT2D eigenvalue weighted by Crippen LogP contribution is 2.17. The van der Waals surface area contributed by atoms with E-state index in [-0.39, 0.29) is 17.9 Å². The maximum absolute atomic E-state index is 12.6. The van der Waals surface area contributed by atoms with E-state index in [1.807, 2.05) is 6.92 Å². The van der Waals surface area contributed by atoms with Gasteiger partial charge in [0.1, 0.15) is 0 Å². The summed E-state index contributed by atoms with van der Waals surface area (Å²) in [6, 6.07) is 13.7. The lowest BCUT2D eigenvalue weighted by atomic mass is 10.1. The van der Waals surface area contributed by atoms with E-state index in [9.17, 15) is 9.59 Å². The fourth-order valence-electron chi connectivity index (χ4n) is 2.75. The summed E-state index contributed by atoms with van der Waals surface area (Å²) in [5.41, 5.74) is 1.57. The van der Waals surface area contributed by atoms with Gasteiger partial charge in [0.25, 0.3) is 11.8 Å². The third kappa shape index (κ3) is 4.38. The first-order chi connectivity index (χ1) is 12.0. The fraction of sp³-hybridized carbons (Fsp3) is 0.263. The molecule has 1 aliphatic rings. The zero-order chi connectivity index (χ0) is 17.8. The Morgan fingerprint density at radius 3 is 2.68 bits per heavy atom. The molecule has 2 aromatic carbocycles. The maximum atomic E-state index is 12.6. The molecule has 1 unspecified atom stereocenters. The standard InChI is InChI=1S/C19H19ClN2O3/c1-13-12-22(8-9-25-13)19(24)15-5-3-7-17(11-15)21-18(23)14-4-2-6-16(20)10-14/h2-7,10-11,13H,8-9,12H2,1H3,(H,21,23). The summed E-state index contributed by atoms with van der Waals surface area (Å²) >= 11 is 5.92. The summed E-state index contributed by atoms with van der Waals surface area (Å²) in [6.07, 6.45) is 0.0309. The highest BCUT2D eigenvalue weighted by Gasteiger charge is 2.22. The van der Waals surface area contributed by atoms with Crippen molar-refractivity contribution in [3.8, 4) is 0 Å². The Morgan fingerprint density at radius 2 is 1.92 bits per heavy atom. The highest BCUT2D eigenvalue weighted by molar-refractivity contribution is 6.31. The van der Waals surface area contributed by atoms with Crippen molar-refractivity contribution in [1.29, 1.82) is 0 Å². The number of carbonyl (C=O) groups is 2. The number of anilines is 1. The van der Waals surface area contributed by atoms with Gasteiger partial charge in [-0.25, -0.2) is 0 Å². The summed E-state index contributed by atoms with van der Waals surface area (Å²) in [5.74, 6) is -0.332. The van der Waals surface area contributed by atoms with E-state index in [0.29, 0.717) is 41.5 Å². The Balaban J connectivity index is 1.73. The van der Waals surface area contributed by atoms with Crippen LogP contribution in [0.2, 0.25) is 5.02 Å². The lowest BCUT2D eigenvalue weighted by Crippen LogP contribution is -2.44. The second-order valence-corrected chi connectivity index (χ2v) is 6.41. The van der Waals surface area contributed by atoms with Crippen LogP contribution in [0.3, 0.4) is 0 Å². The van der Waals surface area contributed by atoms with Gasteiger partial charge in [0, 0.05) is 34.9 Å². The van der Waals surface area contributed by atoms with Gasteiger partial charge in [0.2, 0.25) is 0 Å². The first-order valence-electron chi connectivity index (χ1n) is 8.11. The summed E-state index contributed by atoms with van der Waals surface area (Å²) in [7, 11) is 0. The number of hydrogen-bond acceptors (Lipinski definition) is 3. The molecule has 130 valence electrons. The predicted octanol–water partition coefficient (Wildman–Crippen LogP) is 3.45. The molecule has 6 heteroatoms. The fourth-order valence-corrected chi connectivity index (χ4v) is 2.94. The number of ether oxygens (including phenoxy) is 1. The number of carbonyl (C=O) groups excluding carboxylic acids is 2. The van der Waals surface area contributed by atoms with Crippen LogP contribution < -0.4 is 5.32 Å². The van der Waals surface area contributed by atoms with Gasteiger partial charge in [-0.15, -0.1) is 0 Å². The third-order valence-corrected chi connectivity index (χ3v) is 4.22. The molecule has 0 radical (unpaired) electrons. The van der Waals surface area contributed by atoms with Gasteiger partial charge < -0.3 is 15.0 Å². The molecule has 0 bridgehead atoms. The first kappa shape index (κ1) is 17.5. The Bertz CT molecular complexity index is 794. The van der Waals surface area contributed by atoms with Crippen molar-refractivity contribution < 1.29 is 14.3 Å². The van der Waals surface area contributed by atoms with E-state index in [0.717, 1.165) is 0 Å². The number of rotatable bonds is 3. The van der Waals surface area contributed by atoms with Gasteiger partial charge in [-0.2, -0.15) is 0 Å². The van der Waals surface area contributed by atoms with Crippen LogP contribution in [0.15, 0.2) is 48.5 Å². The van der Waals surface area contributed by atoms with Gasteiger partial charge in [0.05, 0.1) is 12.7 Å². The number of benzene rings is 2. The summed E-state index contributed by atoms with van der Waals surface area (Å²) < 4.78 is 5.47. The van der Waals surface area contributed by atoms with Crippen molar-refractivity contribution in [2.24, 2.45) is 0 Å². The second kappa shape index (κ2) is 7.68. The van der Waals surface area contributed by atoms with Crippen LogP contribution in [0.25, 0.3) is 0 Å².